The van der Waals surface area contributed by atoms with E-state index >= 15 is 0 Å². The van der Waals surface area contributed by atoms with Crippen LogP contribution in [0.2, 0.25) is 5.02 Å². The van der Waals surface area contributed by atoms with Gasteiger partial charge in [0, 0.05) is 26.9 Å². The molecule has 0 atom stereocenters. The van der Waals surface area contributed by atoms with Crippen LogP contribution in [0.4, 0.5) is 13.2 Å². The van der Waals surface area contributed by atoms with E-state index in [2.05, 4.69) is 15.9 Å². The summed E-state index contributed by atoms with van der Waals surface area (Å²) in [7, 11) is 0. The average molecular weight is 479 g/mol. The molecule has 2 aromatic carbocycles. The Hall–Kier alpha value is -2.52. The lowest BCUT2D eigenvalue weighted by atomic mass is 10.2. The summed E-state index contributed by atoms with van der Waals surface area (Å²) in [6.07, 6.45) is -5.08. The number of alkyl halides is 3. The van der Waals surface area contributed by atoms with Gasteiger partial charge in [-0.2, -0.15) is 13.2 Å². The Morgan fingerprint density at radius 2 is 1.68 bits per heavy atom. The lowest BCUT2D eigenvalue weighted by molar-refractivity contribution is -0.192. The average Bonchev–Trinajstić information content (AvgIpc) is 2.97. The molecule has 0 fully saturated rings. The van der Waals surface area contributed by atoms with E-state index in [4.69, 9.17) is 21.5 Å². The van der Waals surface area contributed by atoms with Crippen LogP contribution < -0.4 is 0 Å². The molecule has 5 nitrogen and oxygen atoms in total. The predicted molar refractivity (Wildman–Crippen MR) is 101 cm³/mol. The molecule has 1 aromatic heterocycles. The Morgan fingerprint density at radius 1 is 1.07 bits per heavy atom. The summed E-state index contributed by atoms with van der Waals surface area (Å²) in [6.45, 7) is 0.410. The van der Waals surface area contributed by atoms with Crippen molar-refractivity contribution in [2.45, 2.75) is 12.7 Å². The Kier molecular flexibility index (Phi) is 6.73. The van der Waals surface area contributed by atoms with Gasteiger partial charge in [-0.15, -0.1) is 0 Å². The molecule has 3 rings (SSSR count). The van der Waals surface area contributed by atoms with Gasteiger partial charge in [0.1, 0.15) is 5.69 Å². The van der Waals surface area contributed by atoms with Crippen LogP contribution in [0.5, 0.6) is 0 Å². The van der Waals surface area contributed by atoms with Crippen LogP contribution in [0, 0.1) is 0 Å². The van der Waals surface area contributed by atoms with Crippen molar-refractivity contribution in [2.24, 2.45) is 0 Å². The first kappa shape index (κ1) is 21.8. The van der Waals surface area contributed by atoms with Crippen molar-refractivity contribution >= 4 is 50.4 Å². The third-order valence-corrected chi connectivity index (χ3v) is 4.47. The number of hydrogen-bond acceptors (Lipinski definition) is 2. The standard InChI is InChI=1S/C16H11BrClNO2.C2HF3O2/c17-12-5-6-13(18)11(7-12)9-19-14-4-2-1-3-10(14)8-15(19)16(20)21;3-2(4,5)1(6)7/h1-8H,9H2,(H,20,21);(H,6,7). The van der Waals surface area contributed by atoms with Crippen molar-refractivity contribution in [3.05, 3.63) is 69.3 Å². The van der Waals surface area contributed by atoms with E-state index in [9.17, 15) is 23.1 Å². The number of carboxylic acids is 2. The number of para-hydroxylation sites is 1. The predicted octanol–water partition coefficient (Wildman–Crippen LogP) is 5.44. The molecule has 0 aliphatic heterocycles. The summed E-state index contributed by atoms with van der Waals surface area (Å²) >= 11 is 9.63. The van der Waals surface area contributed by atoms with Gasteiger partial charge in [-0.1, -0.05) is 45.7 Å². The van der Waals surface area contributed by atoms with E-state index in [-0.39, 0.29) is 5.69 Å². The van der Waals surface area contributed by atoms with Gasteiger partial charge in [0.25, 0.3) is 0 Å². The fourth-order valence-corrected chi connectivity index (χ4v) is 2.98. The number of fused-ring (bicyclic) bond motifs is 1. The van der Waals surface area contributed by atoms with Crippen LogP contribution in [0.25, 0.3) is 10.9 Å². The molecule has 1 heterocycles. The van der Waals surface area contributed by atoms with Gasteiger partial charge in [-0.25, -0.2) is 9.59 Å². The zero-order valence-electron chi connectivity index (χ0n) is 13.9. The topological polar surface area (TPSA) is 79.5 Å². The number of carbonyl (C=O) groups is 2. The van der Waals surface area contributed by atoms with Crippen LogP contribution in [-0.4, -0.2) is 32.9 Å². The minimum atomic E-state index is -5.08. The molecule has 0 aliphatic carbocycles. The molecule has 0 amide bonds. The zero-order chi connectivity index (χ0) is 21.1. The van der Waals surface area contributed by atoms with Gasteiger partial charge in [0.2, 0.25) is 0 Å². The third-order valence-electron chi connectivity index (χ3n) is 3.61. The smallest absolute Gasteiger partial charge is 0.477 e. The lowest BCUT2D eigenvalue weighted by Gasteiger charge is -2.10. The minimum Gasteiger partial charge on any atom is -0.477 e. The number of rotatable bonds is 3. The second-order valence-corrected chi connectivity index (χ2v) is 6.84. The molecule has 0 saturated heterocycles. The molecule has 0 unspecified atom stereocenters. The molecule has 0 bridgehead atoms. The Balaban J connectivity index is 0.000000345. The van der Waals surface area contributed by atoms with Crippen molar-refractivity contribution < 1.29 is 33.0 Å². The number of halogens is 5. The van der Waals surface area contributed by atoms with E-state index in [1.54, 1.807) is 16.7 Å². The molecule has 2 N–H and O–H groups in total. The largest absolute Gasteiger partial charge is 0.490 e. The molecule has 0 spiro atoms. The first-order chi connectivity index (χ1) is 13.0. The SMILES string of the molecule is O=C(O)C(F)(F)F.O=C(O)c1cc2ccccc2n1Cc1cc(Br)ccc1Cl. The normalized spacial score (nSPS) is 11.0. The summed E-state index contributed by atoms with van der Waals surface area (Å²) in [6, 6.07) is 14.9. The van der Waals surface area contributed by atoms with E-state index < -0.39 is 18.1 Å². The quantitative estimate of drug-likeness (QED) is 0.526. The van der Waals surface area contributed by atoms with Gasteiger partial charge in [-0.05, 0) is 35.9 Å². The van der Waals surface area contributed by atoms with E-state index in [1.165, 1.54) is 0 Å². The number of aromatic carboxylic acids is 1. The first-order valence-corrected chi connectivity index (χ1v) is 8.73. The maximum atomic E-state index is 11.5. The summed E-state index contributed by atoms with van der Waals surface area (Å²) in [5.41, 5.74) is 2.01. The molecule has 148 valence electrons. The summed E-state index contributed by atoms with van der Waals surface area (Å²) in [5.74, 6) is -3.70. The van der Waals surface area contributed by atoms with E-state index in [1.807, 2.05) is 36.4 Å². The van der Waals surface area contributed by atoms with Crippen molar-refractivity contribution in [1.82, 2.24) is 4.57 Å². The van der Waals surface area contributed by atoms with Crippen molar-refractivity contribution in [2.75, 3.05) is 0 Å². The lowest BCUT2D eigenvalue weighted by Crippen LogP contribution is -2.21. The molecule has 0 radical (unpaired) electrons. The van der Waals surface area contributed by atoms with Crippen molar-refractivity contribution in [3.63, 3.8) is 0 Å². The van der Waals surface area contributed by atoms with Crippen LogP contribution in [-0.2, 0) is 11.3 Å². The monoisotopic (exact) mass is 477 g/mol. The van der Waals surface area contributed by atoms with Gasteiger partial charge in [0.05, 0.1) is 0 Å². The molecular weight excluding hydrogens is 467 g/mol. The maximum absolute atomic E-state index is 11.5. The van der Waals surface area contributed by atoms with E-state index in [0.29, 0.717) is 11.6 Å². The molecular formula is C18H12BrClF3NO4. The molecule has 3 aromatic rings. The second kappa shape index (κ2) is 8.66. The highest BCUT2D eigenvalue weighted by Gasteiger charge is 2.38. The molecule has 28 heavy (non-hydrogen) atoms. The molecule has 0 saturated carbocycles. The number of aliphatic carboxylic acids is 1. The number of aromatic nitrogens is 1. The minimum absolute atomic E-state index is 0.257. The third kappa shape index (κ3) is 5.26. The second-order valence-electron chi connectivity index (χ2n) is 5.52. The fraction of sp³-hybridized carbons (Fsp3) is 0.111. The number of carboxylic acid groups (broad SMARTS) is 2. The van der Waals surface area contributed by atoms with Gasteiger partial charge in [-0.3, -0.25) is 0 Å². The highest BCUT2D eigenvalue weighted by Crippen LogP contribution is 2.26. The first-order valence-electron chi connectivity index (χ1n) is 7.56. The fourth-order valence-electron chi connectivity index (χ4n) is 2.39. The molecule has 10 heteroatoms. The number of hydrogen-bond donors (Lipinski definition) is 2. The zero-order valence-corrected chi connectivity index (χ0v) is 16.2. The maximum Gasteiger partial charge on any atom is 0.490 e. The highest BCUT2D eigenvalue weighted by molar-refractivity contribution is 9.10. The summed E-state index contributed by atoms with van der Waals surface area (Å²) < 4.78 is 34.4. The molecule has 0 aliphatic rings. The van der Waals surface area contributed by atoms with Crippen LogP contribution in [0.3, 0.4) is 0 Å². The highest BCUT2D eigenvalue weighted by atomic mass is 79.9. The van der Waals surface area contributed by atoms with Crippen LogP contribution in [0.1, 0.15) is 16.1 Å². The van der Waals surface area contributed by atoms with Crippen LogP contribution >= 0.6 is 27.5 Å². The Morgan fingerprint density at radius 3 is 2.25 bits per heavy atom. The number of nitrogens with zero attached hydrogens (tertiary/aromatic N) is 1. The Labute approximate surface area is 170 Å². The van der Waals surface area contributed by atoms with Gasteiger partial charge < -0.3 is 14.8 Å². The van der Waals surface area contributed by atoms with Crippen molar-refractivity contribution in [1.29, 1.82) is 0 Å². The number of benzene rings is 2. The van der Waals surface area contributed by atoms with Gasteiger partial charge in [0.15, 0.2) is 0 Å². The summed E-state index contributed by atoms with van der Waals surface area (Å²) in [5, 5.41) is 18.1. The van der Waals surface area contributed by atoms with Crippen LogP contribution in [0.15, 0.2) is 53.0 Å². The summed E-state index contributed by atoms with van der Waals surface area (Å²) in [4.78, 5) is 20.4. The van der Waals surface area contributed by atoms with Crippen molar-refractivity contribution in [3.8, 4) is 0 Å². The van der Waals surface area contributed by atoms with Gasteiger partial charge >= 0.3 is 18.1 Å². The van der Waals surface area contributed by atoms with E-state index in [0.717, 1.165) is 20.9 Å². The Bertz CT molecular complexity index is 1030.